The molecule has 1 heterocycles. The first kappa shape index (κ1) is 14.8. The van der Waals surface area contributed by atoms with Crippen molar-refractivity contribution in [3.05, 3.63) is 36.0 Å². The average Bonchev–Trinajstić information content (AvgIpc) is 2.88. The molecule has 2 aromatic rings. The van der Waals surface area contributed by atoms with Crippen molar-refractivity contribution in [2.24, 2.45) is 0 Å². The number of Topliss-reactive ketones (excluding diaryl/α,β-unsaturated/α-hetero) is 1. The Hall–Kier alpha value is -1.57. The number of benzene rings is 1. The highest BCUT2D eigenvalue weighted by Crippen LogP contribution is 2.16. The fraction of sp³-hybridized carbons (Fsp3) is 0.500. The number of H-pyrrole nitrogens is 1. The lowest BCUT2D eigenvalue weighted by Gasteiger charge is -2.00. The number of ketones is 1. The first-order valence-corrected chi connectivity index (χ1v) is 7.88. The van der Waals surface area contributed by atoms with Gasteiger partial charge in [-0.05, 0) is 30.4 Å². The second kappa shape index (κ2) is 7.88. The highest BCUT2D eigenvalue weighted by atomic mass is 16.1. The monoisotopic (exact) mass is 271 g/mol. The number of unbranched alkanes of at least 4 members (excludes halogenated alkanes) is 4. The molecule has 0 amide bonds. The van der Waals surface area contributed by atoms with Gasteiger partial charge in [-0.1, -0.05) is 50.8 Å². The molecule has 0 atom stereocenters. The lowest BCUT2D eigenvalue weighted by atomic mass is 10.1. The Bertz CT molecular complexity index is 508. The summed E-state index contributed by atoms with van der Waals surface area (Å²) in [5, 5.41) is 1.23. The van der Waals surface area contributed by atoms with Crippen LogP contribution in [-0.4, -0.2) is 10.8 Å². The number of aryl methyl sites for hydroxylation is 1. The van der Waals surface area contributed by atoms with Gasteiger partial charge in [0.2, 0.25) is 0 Å². The molecule has 1 aromatic carbocycles. The molecule has 2 nitrogen and oxygen atoms in total. The van der Waals surface area contributed by atoms with Gasteiger partial charge in [0, 0.05) is 24.1 Å². The van der Waals surface area contributed by atoms with E-state index in [9.17, 15) is 4.79 Å². The summed E-state index contributed by atoms with van der Waals surface area (Å²) in [7, 11) is 0. The molecule has 20 heavy (non-hydrogen) atoms. The first-order valence-electron chi connectivity index (χ1n) is 7.88. The summed E-state index contributed by atoms with van der Waals surface area (Å²) in [6, 6.07) is 10.4. The maximum absolute atomic E-state index is 11.9. The molecule has 0 saturated heterocycles. The molecule has 0 bridgehead atoms. The van der Waals surface area contributed by atoms with Crippen LogP contribution < -0.4 is 0 Å². The average molecular weight is 271 g/mol. The van der Waals surface area contributed by atoms with Gasteiger partial charge < -0.3 is 4.98 Å². The number of aromatic amines is 1. The SMILES string of the molecule is CCCCCCCC(=O)CCc1cc2ccccc2[nH]1. The van der Waals surface area contributed by atoms with E-state index in [2.05, 4.69) is 30.1 Å². The van der Waals surface area contributed by atoms with Crippen molar-refractivity contribution >= 4 is 16.7 Å². The smallest absolute Gasteiger partial charge is 0.133 e. The minimum Gasteiger partial charge on any atom is -0.358 e. The molecular formula is C18H25NO. The predicted molar refractivity (Wildman–Crippen MR) is 85.0 cm³/mol. The number of fused-ring (bicyclic) bond motifs is 1. The van der Waals surface area contributed by atoms with Crippen molar-refractivity contribution in [1.29, 1.82) is 0 Å². The Morgan fingerprint density at radius 3 is 2.65 bits per heavy atom. The number of carbonyl (C=O) groups excluding carboxylic acids is 1. The van der Waals surface area contributed by atoms with Gasteiger partial charge in [0.1, 0.15) is 5.78 Å². The van der Waals surface area contributed by atoms with E-state index < -0.39 is 0 Å². The largest absolute Gasteiger partial charge is 0.358 e. The van der Waals surface area contributed by atoms with Crippen molar-refractivity contribution in [3.63, 3.8) is 0 Å². The number of carbonyl (C=O) groups is 1. The van der Waals surface area contributed by atoms with Crippen molar-refractivity contribution < 1.29 is 4.79 Å². The zero-order valence-electron chi connectivity index (χ0n) is 12.5. The van der Waals surface area contributed by atoms with E-state index in [1.807, 2.05) is 12.1 Å². The quantitative estimate of drug-likeness (QED) is 0.637. The third-order valence-corrected chi connectivity index (χ3v) is 3.82. The van der Waals surface area contributed by atoms with Crippen LogP contribution >= 0.6 is 0 Å². The first-order chi connectivity index (χ1) is 9.79. The van der Waals surface area contributed by atoms with Gasteiger partial charge in [0.05, 0.1) is 0 Å². The minimum absolute atomic E-state index is 0.403. The topological polar surface area (TPSA) is 32.9 Å². The lowest BCUT2D eigenvalue weighted by Crippen LogP contribution is -2.00. The molecule has 0 aliphatic carbocycles. The summed E-state index contributed by atoms with van der Waals surface area (Å²) in [4.78, 5) is 15.2. The molecule has 0 spiro atoms. The third-order valence-electron chi connectivity index (χ3n) is 3.82. The zero-order chi connectivity index (χ0) is 14.2. The van der Waals surface area contributed by atoms with Crippen LogP contribution in [0.3, 0.4) is 0 Å². The van der Waals surface area contributed by atoms with E-state index in [-0.39, 0.29) is 0 Å². The van der Waals surface area contributed by atoms with E-state index in [0.717, 1.165) is 24.8 Å². The van der Waals surface area contributed by atoms with E-state index in [0.29, 0.717) is 12.2 Å². The molecule has 1 N–H and O–H groups in total. The molecule has 0 aliphatic rings. The molecular weight excluding hydrogens is 246 g/mol. The summed E-state index contributed by atoms with van der Waals surface area (Å²) in [5.74, 6) is 0.403. The fourth-order valence-electron chi connectivity index (χ4n) is 2.59. The molecule has 0 unspecified atom stereocenters. The maximum atomic E-state index is 11.9. The van der Waals surface area contributed by atoms with Crippen LogP contribution in [0.1, 0.15) is 57.6 Å². The van der Waals surface area contributed by atoms with Crippen molar-refractivity contribution in [3.8, 4) is 0 Å². The number of hydrogen-bond donors (Lipinski definition) is 1. The standard InChI is InChI=1S/C18H25NO/c1-2-3-4-5-6-10-17(20)13-12-16-14-15-9-7-8-11-18(15)19-16/h7-9,11,14,19H,2-6,10,12-13H2,1H3. The Balaban J connectivity index is 1.70. The van der Waals surface area contributed by atoms with Crippen LogP contribution in [0.5, 0.6) is 0 Å². The third kappa shape index (κ3) is 4.52. The molecule has 0 radical (unpaired) electrons. The Kier molecular flexibility index (Phi) is 5.85. The molecule has 108 valence electrons. The molecule has 0 saturated carbocycles. The summed E-state index contributed by atoms with van der Waals surface area (Å²) in [6.07, 6.45) is 8.34. The number of para-hydroxylation sites is 1. The van der Waals surface area contributed by atoms with E-state index in [1.165, 1.54) is 36.8 Å². The van der Waals surface area contributed by atoms with Crippen LogP contribution in [0.15, 0.2) is 30.3 Å². The number of hydrogen-bond acceptors (Lipinski definition) is 1. The second-order valence-electron chi connectivity index (χ2n) is 5.58. The van der Waals surface area contributed by atoms with Crippen molar-refractivity contribution in [2.75, 3.05) is 0 Å². The number of aromatic nitrogens is 1. The van der Waals surface area contributed by atoms with Crippen molar-refractivity contribution in [1.82, 2.24) is 4.98 Å². The summed E-state index contributed by atoms with van der Waals surface area (Å²) in [5.41, 5.74) is 2.33. The van der Waals surface area contributed by atoms with E-state index in [1.54, 1.807) is 0 Å². The minimum atomic E-state index is 0.403. The summed E-state index contributed by atoms with van der Waals surface area (Å²) >= 11 is 0. The number of nitrogens with one attached hydrogen (secondary N) is 1. The predicted octanol–water partition coefficient (Wildman–Crippen LogP) is 5.03. The second-order valence-corrected chi connectivity index (χ2v) is 5.58. The summed E-state index contributed by atoms with van der Waals surface area (Å²) < 4.78 is 0. The van der Waals surface area contributed by atoms with Gasteiger partial charge in [0.25, 0.3) is 0 Å². The molecule has 2 heteroatoms. The molecule has 2 rings (SSSR count). The Labute approximate surface area is 121 Å². The molecule has 0 fully saturated rings. The van der Waals surface area contributed by atoms with Crippen LogP contribution in [0.4, 0.5) is 0 Å². The maximum Gasteiger partial charge on any atom is 0.133 e. The highest BCUT2D eigenvalue weighted by molar-refractivity contribution is 5.81. The van der Waals surface area contributed by atoms with Gasteiger partial charge in [-0.15, -0.1) is 0 Å². The van der Waals surface area contributed by atoms with Crippen molar-refractivity contribution in [2.45, 2.75) is 58.3 Å². The Morgan fingerprint density at radius 1 is 1.05 bits per heavy atom. The van der Waals surface area contributed by atoms with Crippen LogP contribution in [0.2, 0.25) is 0 Å². The highest BCUT2D eigenvalue weighted by Gasteiger charge is 2.05. The zero-order valence-corrected chi connectivity index (χ0v) is 12.5. The van der Waals surface area contributed by atoms with Crippen LogP contribution in [0.25, 0.3) is 10.9 Å². The number of rotatable bonds is 9. The lowest BCUT2D eigenvalue weighted by molar-refractivity contribution is -0.119. The van der Waals surface area contributed by atoms with Gasteiger partial charge in [-0.25, -0.2) is 0 Å². The normalized spacial score (nSPS) is 11.1. The summed E-state index contributed by atoms with van der Waals surface area (Å²) in [6.45, 7) is 2.21. The Morgan fingerprint density at radius 2 is 1.85 bits per heavy atom. The van der Waals surface area contributed by atoms with Gasteiger partial charge in [-0.2, -0.15) is 0 Å². The van der Waals surface area contributed by atoms with Gasteiger partial charge >= 0.3 is 0 Å². The van der Waals surface area contributed by atoms with Crippen LogP contribution in [-0.2, 0) is 11.2 Å². The van der Waals surface area contributed by atoms with E-state index in [4.69, 9.17) is 0 Å². The van der Waals surface area contributed by atoms with Gasteiger partial charge in [0.15, 0.2) is 0 Å². The fourth-order valence-corrected chi connectivity index (χ4v) is 2.59. The molecule has 1 aromatic heterocycles. The van der Waals surface area contributed by atoms with Crippen LogP contribution in [0, 0.1) is 0 Å². The molecule has 0 aliphatic heterocycles. The van der Waals surface area contributed by atoms with E-state index >= 15 is 0 Å². The van der Waals surface area contributed by atoms with Gasteiger partial charge in [-0.3, -0.25) is 4.79 Å².